The van der Waals surface area contributed by atoms with Gasteiger partial charge in [0.15, 0.2) is 11.5 Å². The number of aromatic nitrogens is 6. The van der Waals surface area contributed by atoms with E-state index >= 15 is 0 Å². The Morgan fingerprint density at radius 3 is 2.95 bits per heavy atom. The van der Waals surface area contributed by atoms with E-state index in [4.69, 9.17) is 0 Å². The highest BCUT2D eigenvalue weighted by atomic mass is 15.2. The molecule has 0 spiro atoms. The van der Waals surface area contributed by atoms with E-state index in [1.54, 1.807) is 12.7 Å². The predicted molar refractivity (Wildman–Crippen MR) is 76.5 cm³/mol. The maximum absolute atomic E-state index is 4.41. The molecule has 0 saturated heterocycles. The van der Waals surface area contributed by atoms with Crippen LogP contribution in [-0.2, 0) is 6.42 Å². The number of nitrogens with one attached hydrogen (secondary N) is 2. The first kappa shape index (κ1) is 12.6. The van der Waals surface area contributed by atoms with Crippen molar-refractivity contribution < 1.29 is 0 Å². The molecular formula is C13H17N7. The van der Waals surface area contributed by atoms with Crippen molar-refractivity contribution in [2.45, 2.75) is 26.3 Å². The highest BCUT2D eigenvalue weighted by molar-refractivity contribution is 5.82. The number of imidazole rings is 2. The van der Waals surface area contributed by atoms with E-state index in [9.17, 15) is 0 Å². The molecule has 3 aromatic rings. The monoisotopic (exact) mass is 271 g/mol. The second-order valence-corrected chi connectivity index (χ2v) is 4.89. The normalized spacial score (nSPS) is 11.3. The maximum atomic E-state index is 4.41. The third-order valence-corrected chi connectivity index (χ3v) is 3.16. The fourth-order valence-corrected chi connectivity index (χ4v) is 2.10. The molecule has 0 bridgehead atoms. The fourth-order valence-electron chi connectivity index (χ4n) is 2.10. The molecule has 0 atom stereocenters. The van der Waals surface area contributed by atoms with Gasteiger partial charge >= 0.3 is 0 Å². The van der Waals surface area contributed by atoms with Gasteiger partial charge in [0.25, 0.3) is 0 Å². The van der Waals surface area contributed by atoms with Crippen LogP contribution in [0.1, 0.15) is 25.6 Å². The van der Waals surface area contributed by atoms with E-state index in [2.05, 4.69) is 44.1 Å². The zero-order chi connectivity index (χ0) is 13.9. The number of anilines is 1. The third-order valence-electron chi connectivity index (χ3n) is 3.16. The van der Waals surface area contributed by atoms with Crippen molar-refractivity contribution in [3.63, 3.8) is 0 Å². The Balaban J connectivity index is 1.78. The lowest BCUT2D eigenvalue weighted by molar-refractivity contribution is 0.612. The van der Waals surface area contributed by atoms with Crippen LogP contribution in [0, 0.1) is 0 Å². The Morgan fingerprint density at radius 1 is 1.30 bits per heavy atom. The van der Waals surface area contributed by atoms with Crippen molar-refractivity contribution in [3.8, 4) is 0 Å². The lowest BCUT2D eigenvalue weighted by Crippen LogP contribution is -2.08. The summed E-state index contributed by atoms with van der Waals surface area (Å²) in [4.78, 5) is 20.1. The Kier molecular flexibility index (Phi) is 3.32. The predicted octanol–water partition coefficient (Wildman–Crippen LogP) is 1.78. The number of fused-ring (bicyclic) bond motifs is 1. The van der Waals surface area contributed by atoms with Gasteiger partial charge in [-0.1, -0.05) is 0 Å². The van der Waals surface area contributed by atoms with Crippen molar-refractivity contribution in [3.05, 3.63) is 30.9 Å². The lowest BCUT2D eigenvalue weighted by Gasteiger charge is -2.08. The van der Waals surface area contributed by atoms with Crippen LogP contribution < -0.4 is 5.32 Å². The third kappa shape index (κ3) is 2.34. The summed E-state index contributed by atoms with van der Waals surface area (Å²) in [6.07, 6.45) is 7.75. The number of hydrogen-bond donors (Lipinski definition) is 2. The summed E-state index contributed by atoms with van der Waals surface area (Å²) in [6, 6.07) is 0.327. The van der Waals surface area contributed by atoms with Gasteiger partial charge in [0.1, 0.15) is 11.8 Å². The summed E-state index contributed by atoms with van der Waals surface area (Å²) in [7, 11) is 0. The second kappa shape index (κ2) is 5.28. The maximum Gasteiger partial charge on any atom is 0.165 e. The number of rotatable bonds is 5. The summed E-state index contributed by atoms with van der Waals surface area (Å²) in [5, 5.41) is 3.30. The first-order valence-electron chi connectivity index (χ1n) is 6.64. The molecule has 0 amide bonds. The van der Waals surface area contributed by atoms with Gasteiger partial charge in [0.05, 0.1) is 12.7 Å². The van der Waals surface area contributed by atoms with Crippen LogP contribution in [-0.4, -0.2) is 36.0 Å². The van der Waals surface area contributed by atoms with Crippen LogP contribution in [0.5, 0.6) is 0 Å². The fraction of sp³-hybridized carbons (Fsp3) is 0.385. The number of nitrogens with zero attached hydrogens (tertiary/aromatic N) is 5. The van der Waals surface area contributed by atoms with E-state index in [0.717, 1.165) is 35.6 Å². The molecular weight excluding hydrogens is 254 g/mol. The van der Waals surface area contributed by atoms with E-state index in [1.165, 1.54) is 0 Å². The van der Waals surface area contributed by atoms with Crippen LogP contribution >= 0.6 is 0 Å². The first-order chi connectivity index (χ1) is 9.75. The van der Waals surface area contributed by atoms with Crippen molar-refractivity contribution in [1.82, 2.24) is 29.5 Å². The minimum absolute atomic E-state index is 0.327. The van der Waals surface area contributed by atoms with Gasteiger partial charge in [-0.2, -0.15) is 0 Å². The van der Waals surface area contributed by atoms with E-state index < -0.39 is 0 Å². The van der Waals surface area contributed by atoms with Gasteiger partial charge in [-0.25, -0.2) is 19.9 Å². The molecule has 7 nitrogen and oxygen atoms in total. The number of aromatic amines is 1. The van der Waals surface area contributed by atoms with Crippen molar-refractivity contribution >= 4 is 17.0 Å². The van der Waals surface area contributed by atoms with Gasteiger partial charge in [-0.05, 0) is 13.8 Å². The molecule has 104 valence electrons. The minimum Gasteiger partial charge on any atom is -0.368 e. The molecule has 3 aromatic heterocycles. The van der Waals surface area contributed by atoms with Gasteiger partial charge in [0.2, 0.25) is 0 Å². The summed E-state index contributed by atoms with van der Waals surface area (Å²) in [5.41, 5.74) is 2.76. The Hall–Kier alpha value is -2.44. The number of H-pyrrole nitrogens is 1. The number of hydrogen-bond acceptors (Lipinski definition) is 5. The molecule has 0 saturated carbocycles. The van der Waals surface area contributed by atoms with E-state index in [1.807, 2.05) is 17.1 Å². The second-order valence-electron chi connectivity index (χ2n) is 4.89. The Morgan fingerprint density at radius 2 is 2.20 bits per heavy atom. The Bertz CT molecular complexity index is 684. The van der Waals surface area contributed by atoms with Crippen LogP contribution in [0.3, 0.4) is 0 Å². The Labute approximate surface area is 116 Å². The molecule has 0 aromatic carbocycles. The van der Waals surface area contributed by atoms with Crippen LogP contribution in [0.2, 0.25) is 0 Å². The minimum atomic E-state index is 0.327. The summed E-state index contributed by atoms with van der Waals surface area (Å²) >= 11 is 0. The average Bonchev–Trinajstić information content (AvgIpc) is 3.07. The molecule has 2 N–H and O–H groups in total. The zero-order valence-electron chi connectivity index (χ0n) is 11.5. The molecule has 3 rings (SSSR count). The standard InChI is InChI=1S/C13H17N7/c1-9(2)20-8-19-11-12(17-7-18-13(11)20)15-4-3-10-5-14-6-16-10/h5-9H,3-4H2,1-2H3,(H,14,16)(H,15,17,18). The van der Waals surface area contributed by atoms with Gasteiger partial charge in [-0.3, -0.25) is 0 Å². The molecule has 7 heteroatoms. The van der Waals surface area contributed by atoms with Crippen LogP contribution in [0.15, 0.2) is 25.2 Å². The van der Waals surface area contributed by atoms with Crippen molar-refractivity contribution in [2.24, 2.45) is 0 Å². The van der Waals surface area contributed by atoms with Crippen LogP contribution in [0.4, 0.5) is 5.82 Å². The summed E-state index contributed by atoms with van der Waals surface area (Å²) in [6.45, 7) is 4.98. The first-order valence-corrected chi connectivity index (χ1v) is 6.64. The molecule has 20 heavy (non-hydrogen) atoms. The molecule has 0 aliphatic carbocycles. The van der Waals surface area contributed by atoms with Gasteiger partial charge in [-0.15, -0.1) is 0 Å². The van der Waals surface area contributed by atoms with Gasteiger partial charge in [0, 0.05) is 30.9 Å². The highest BCUT2D eigenvalue weighted by Gasteiger charge is 2.11. The lowest BCUT2D eigenvalue weighted by atomic mass is 10.3. The van der Waals surface area contributed by atoms with Crippen molar-refractivity contribution in [2.75, 3.05) is 11.9 Å². The molecule has 0 aliphatic rings. The molecule has 0 aliphatic heterocycles. The molecule has 3 heterocycles. The van der Waals surface area contributed by atoms with E-state index in [-0.39, 0.29) is 0 Å². The highest BCUT2D eigenvalue weighted by Crippen LogP contribution is 2.20. The quantitative estimate of drug-likeness (QED) is 0.739. The van der Waals surface area contributed by atoms with Gasteiger partial charge < -0.3 is 14.9 Å². The zero-order valence-corrected chi connectivity index (χ0v) is 11.5. The van der Waals surface area contributed by atoms with Crippen molar-refractivity contribution in [1.29, 1.82) is 0 Å². The summed E-state index contributed by atoms with van der Waals surface area (Å²) < 4.78 is 2.04. The summed E-state index contributed by atoms with van der Waals surface area (Å²) in [5.74, 6) is 0.772. The average molecular weight is 271 g/mol. The molecule has 0 unspecified atom stereocenters. The largest absolute Gasteiger partial charge is 0.368 e. The van der Waals surface area contributed by atoms with E-state index in [0.29, 0.717) is 6.04 Å². The molecule has 0 fully saturated rings. The smallest absolute Gasteiger partial charge is 0.165 e. The van der Waals surface area contributed by atoms with Crippen LogP contribution in [0.25, 0.3) is 11.2 Å². The molecule has 0 radical (unpaired) electrons. The SMILES string of the molecule is CC(C)n1cnc2c(NCCc3cnc[nH]3)ncnc21. The topological polar surface area (TPSA) is 84.3 Å².